The number of rotatable bonds is 4. The summed E-state index contributed by atoms with van der Waals surface area (Å²) >= 11 is 0. The maximum absolute atomic E-state index is 8.48. The van der Waals surface area contributed by atoms with Gasteiger partial charge in [-0.1, -0.05) is 19.3 Å². The molecule has 0 atom stereocenters. The molecule has 14 heavy (non-hydrogen) atoms. The standard InChI is InChI=1S/C12H18O2/c1-2-3-4-5-6-7-8-9-10-11-12(13)14/h12-14H,2-4,7-8,11H2,1H3. The summed E-state index contributed by atoms with van der Waals surface area (Å²) in [6.07, 6.45) is 3.63. The second-order valence-electron chi connectivity index (χ2n) is 3.00. The van der Waals surface area contributed by atoms with Crippen molar-refractivity contribution >= 4 is 0 Å². The number of hydrogen-bond donors (Lipinski definition) is 2. The van der Waals surface area contributed by atoms with E-state index in [1.807, 2.05) is 0 Å². The van der Waals surface area contributed by atoms with E-state index in [1.165, 1.54) is 6.42 Å². The average molecular weight is 194 g/mol. The second-order valence-corrected chi connectivity index (χ2v) is 3.00. The molecule has 2 heteroatoms. The van der Waals surface area contributed by atoms with Crippen molar-refractivity contribution in [2.45, 2.75) is 51.7 Å². The lowest BCUT2D eigenvalue weighted by Crippen LogP contribution is -2.00. The molecule has 0 aromatic carbocycles. The molecule has 0 saturated carbocycles. The molecular weight excluding hydrogens is 176 g/mol. The largest absolute Gasteiger partial charge is 0.367 e. The maximum atomic E-state index is 8.48. The third kappa shape index (κ3) is 11.0. The molecule has 2 nitrogen and oxygen atoms in total. The first kappa shape index (κ1) is 13.0. The Morgan fingerprint density at radius 2 is 1.50 bits per heavy atom. The van der Waals surface area contributed by atoms with Crippen molar-refractivity contribution in [2.24, 2.45) is 0 Å². The first-order chi connectivity index (χ1) is 6.77. The summed E-state index contributed by atoms with van der Waals surface area (Å²) in [5.41, 5.74) is 0. The fourth-order valence-corrected chi connectivity index (χ4v) is 0.819. The van der Waals surface area contributed by atoms with Crippen molar-refractivity contribution in [3.63, 3.8) is 0 Å². The zero-order valence-corrected chi connectivity index (χ0v) is 8.71. The third-order valence-electron chi connectivity index (χ3n) is 1.56. The minimum atomic E-state index is -1.31. The van der Waals surface area contributed by atoms with E-state index in [4.69, 9.17) is 10.2 Å². The van der Waals surface area contributed by atoms with Crippen molar-refractivity contribution in [2.75, 3.05) is 0 Å². The van der Waals surface area contributed by atoms with Crippen LogP contribution in [0.3, 0.4) is 0 Å². The molecule has 0 unspecified atom stereocenters. The Kier molecular flexibility index (Phi) is 9.43. The van der Waals surface area contributed by atoms with Crippen LogP contribution >= 0.6 is 0 Å². The molecule has 0 bridgehead atoms. The van der Waals surface area contributed by atoms with Gasteiger partial charge >= 0.3 is 0 Å². The van der Waals surface area contributed by atoms with Crippen LogP contribution in [0.4, 0.5) is 0 Å². The summed E-state index contributed by atoms with van der Waals surface area (Å²) in [4.78, 5) is 0. The Hall–Kier alpha value is -0.960. The maximum Gasteiger partial charge on any atom is 0.162 e. The number of hydrogen-bond acceptors (Lipinski definition) is 2. The van der Waals surface area contributed by atoms with Crippen LogP contribution in [-0.2, 0) is 0 Å². The van der Waals surface area contributed by atoms with Gasteiger partial charge in [0.15, 0.2) is 6.29 Å². The lowest BCUT2D eigenvalue weighted by Gasteiger charge is -1.91. The van der Waals surface area contributed by atoms with E-state index in [0.29, 0.717) is 6.42 Å². The van der Waals surface area contributed by atoms with Gasteiger partial charge in [0.05, 0.1) is 6.42 Å². The van der Waals surface area contributed by atoms with Gasteiger partial charge in [0.2, 0.25) is 0 Å². The minimum Gasteiger partial charge on any atom is -0.367 e. The molecule has 0 saturated heterocycles. The molecule has 0 heterocycles. The Morgan fingerprint density at radius 3 is 2.07 bits per heavy atom. The fourth-order valence-electron chi connectivity index (χ4n) is 0.819. The Labute approximate surface area is 86.3 Å². The van der Waals surface area contributed by atoms with Crippen molar-refractivity contribution < 1.29 is 10.2 Å². The van der Waals surface area contributed by atoms with Crippen molar-refractivity contribution in [1.82, 2.24) is 0 Å². The summed E-state index contributed by atoms with van der Waals surface area (Å²) < 4.78 is 0. The van der Waals surface area contributed by atoms with Gasteiger partial charge in [-0.15, -0.1) is 17.8 Å². The molecule has 0 aromatic heterocycles. The Balaban J connectivity index is 3.33. The molecule has 0 fully saturated rings. The van der Waals surface area contributed by atoms with E-state index in [-0.39, 0.29) is 6.42 Å². The third-order valence-corrected chi connectivity index (χ3v) is 1.56. The van der Waals surface area contributed by atoms with Crippen molar-refractivity contribution in [3.05, 3.63) is 0 Å². The van der Waals surface area contributed by atoms with Crippen LogP contribution in [0.1, 0.15) is 45.4 Å². The summed E-state index contributed by atoms with van der Waals surface area (Å²) in [7, 11) is 0. The molecule has 0 aromatic rings. The summed E-state index contributed by atoms with van der Waals surface area (Å²) in [6.45, 7) is 2.15. The lowest BCUT2D eigenvalue weighted by molar-refractivity contribution is -0.0344. The van der Waals surface area contributed by atoms with Gasteiger partial charge in [-0.05, 0) is 6.42 Å². The highest BCUT2D eigenvalue weighted by atomic mass is 16.5. The first-order valence-electron chi connectivity index (χ1n) is 5.05. The summed E-state index contributed by atoms with van der Waals surface area (Å²) in [6, 6.07) is 0. The molecule has 0 amide bonds. The first-order valence-corrected chi connectivity index (χ1v) is 5.05. The van der Waals surface area contributed by atoms with Crippen molar-refractivity contribution in [3.8, 4) is 23.7 Å². The number of unbranched alkanes of at least 4 members (excludes halogenated alkanes) is 3. The Morgan fingerprint density at radius 1 is 0.929 bits per heavy atom. The van der Waals surface area contributed by atoms with E-state index in [9.17, 15) is 0 Å². The summed E-state index contributed by atoms with van der Waals surface area (Å²) in [5.74, 6) is 11.6. The van der Waals surface area contributed by atoms with E-state index in [2.05, 4.69) is 30.6 Å². The average Bonchev–Trinajstić information content (AvgIpc) is 2.15. The topological polar surface area (TPSA) is 40.5 Å². The molecule has 0 aliphatic rings. The van der Waals surface area contributed by atoms with Crippen LogP contribution in [-0.4, -0.2) is 16.5 Å². The molecule has 0 aliphatic heterocycles. The molecule has 0 radical (unpaired) electrons. The monoisotopic (exact) mass is 194 g/mol. The number of aliphatic hydroxyl groups excluding tert-OH is 1. The van der Waals surface area contributed by atoms with Crippen LogP contribution in [0.15, 0.2) is 0 Å². The lowest BCUT2D eigenvalue weighted by atomic mass is 10.2. The predicted octanol–water partition coefficient (Wildman–Crippen LogP) is 1.66. The van der Waals surface area contributed by atoms with Crippen LogP contribution < -0.4 is 0 Å². The molecule has 2 N–H and O–H groups in total. The van der Waals surface area contributed by atoms with Gasteiger partial charge in [-0.2, -0.15) is 0 Å². The SMILES string of the molecule is CCCCC#CCCC#CCC(O)O. The smallest absolute Gasteiger partial charge is 0.162 e. The molecular formula is C12H18O2. The van der Waals surface area contributed by atoms with E-state index < -0.39 is 6.29 Å². The summed E-state index contributed by atoms with van der Waals surface area (Å²) in [5, 5.41) is 17.0. The van der Waals surface area contributed by atoms with Crippen LogP contribution in [0.25, 0.3) is 0 Å². The van der Waals surface area contributed by atoms with E-state index in [0.717, 1.165) is 19.3 Å². The fraction of sp³-hybridized carbons (Fsp3) is 0.667. The minimum absolute atomic E-state index is 0.128. The number of aliphatic hydroxyl groups is 2. The van der Waals surface area contributed by atoms with Crippen molar-refractivity contribution in [1.29, 1.82) is 0 Å². The zero-order chi connectivity index (χ0) is 10.6. The zero-order valence-electron chi connectivity index (χ0n) is 8.71. The highest BCUT2D eigenvalue weighted by Gasteiger charge is 1.88. The molecule has 0 aliphatic carbocycles. The normalized spacial score (nSPS) is 8.86. The van der Waals surface area contributed by atoms with Gasteiger partial charge in [0.1, 0.15) is 0 Å². The van der Waals surface area contributed by atoms with E-state index >= 15 is 0 Å². The van der Waals surface area contributed by atoms with Gasteiger partial charge in [-0.3, -0.25) is 0 Å². The van der Waals surface area contributed by atoms with Gasteiger partial charge < -0.3 is 10.2 Å². The van der Waals surface area contributed by atoms with Gasteiger partial charge in [-0.25, -0.2) is 0 Å². The highest BCUT2D eigenvalue weighted by molar-refractivity contribution is 5.05. The molecule has 0 spiro atoms. The van der Waals surface area contributed by atoms with Gasteiger partial charge in [0, 0.05) is 19.3 Å². The second kappa shape index (κ2) is 10.1. The van der Waals surface area contributed by atoms with E-state index in [1.54, 1.807) is 0 Å². The van der Waals surface area contributed by atoms with Crippen LogP contribution in [0.5, 0.6) is 0 Å². The van der Waals surface area contributed by atoms with Gasteiger partial charge in [0.25, 0.3) is 0 Å². The Bertz CT molecular complexity index is 235. The molecule has 0 rings (SSSR count). The van der Waals surface area contributed by atoms with Crippen LogP contribution in [0, 0.1) is 23.7 Å². The molecule has 78 valence electrons. The van der Waals surface area contributed by atoms with Crippen LogP contribution in [0.2, 0.25) is 0 Å². The highest BCUT2D eigenvalue weighted by Crippen LogP contribution is 1.92. The predicted molar refractivity (Wildman–Crippen MR) is 57.2 cm³/mol. The quantitative estimate of drug-likeness (QED) is 0.406.